The Morgan fingerprint density at radius 1 is 1.39 bits per heavy atom. The molecule has 2 fully saturated rings. The van der Waals surface area contributed by atoms with Gasteiger partial charge in [-0.3, -0.25) is 9.79 Å². The number of amides is 1. The van der Waals surface area contributed by atoms with Gasteiger partial charge in [0.05, 0.1) is 12.1 Å². The molecule has 0 aromatic rings. The number of piperidine rings is 1. The number of likely N-dealkylation sites (N-methyl/N-ethyl adjacent to an activating group) is 1. The second kappa shape index (κ2) is 9.66. The van der Waals surface area contributed by atoms with Crippen molar-refractivity contribution < 1.29 is 9.90 Å². The summed E-state index contributed by atoms with van der Waals surface area (Å²) in [5.41, 5.74) is -0.639. The molecule has 1 saturated heterocycles. The van der Waals surface area contributed by atoms with Gasteiger partial charge in [0.25, 0.3) is 0 Å². The number of aliphatic hydroxyl groups is 1. The van der Waals surface area contributed by atoms with Crippen LogP contribution in [0.25, 0.3) is 0 Å². The fourth-order valence-corrected chi connectivity index (χ4v) is 3.24. The van der Waals surface area contributed by atoms with Crippen molar-refractivity contribution in [3.8, 4) is 0 Å². The number of likely N-dealkylation sites (tertiary alicyclic amines) is 1. The van der Waals surface area contributed by atoms with Gasteiger partial charge in [-0.05, 0) is 26.2 Å². The highest BCUT2D eigenvalue weighted by Gasteiger charge is 2.29. The van der Waals surface area contributed by atoms with Gasteiger partial charge in [-0.1, -0.05) is 19.3 Å². The molecule has 0 aromatic heterocycles. The molecular weight excluding hydrogens is 407 g/mol. The van der Waals surface area contributed by atoms with E-state index in [1.54, 1.807) is 4.90 Å². The smallest absolute Gasteiger partial charge is 0.222 e. The first-order chi connectivity index (χ1) is 10.5. The lowest BCUT2D eigenvalue weighted by molar-refractivity contribution is -0.132. The third kappa shape index (κ3) is 6.45. The molecule has 1 aliphatic carbocycles. The summed E-state index contributed by atoms with van der Waals surface area (Å²) in [5.74, 6) is 0.950. The van der Waals surface area contributed by atoms with Crippen molar-refractivity contribution in [1.29, 1.82) is 0 Å². The average Bonchev–Trinajstić information content (AvgIpc) is 2.50. The molecule has 0 spiro atoms. The molecule has 7 heteroatoms. The number of hydrogen-bond acceptors (Lipinski definition) is 3. The maximum Gasteiger partial charge on any atom is 0.222 e. The minimum absolute atomic E-state index is 0. The van der Waals surface area contributed by atoms with Crippen molar-refractivity contribution in [2.75, 3.05) is 26.7 Å². The zero-order chi connectivity index (χ0) is 16.0. The largest absolute Gasteiger partial charge is 0.388 e. The zero-order valence-electron chi connectivity index (χ0n) is 14.3. The van der Waals surface area contributed by atoms with E-state index in [4.69, 9.17) is 0 Å². The van der Waals surface area contributed by atoms with Crippen molar-refractivity contribution in [3.63, 3.8) is 0 Å². The minimum atomic E-state index is -0.639. The van der Waals surface area contributed by atoms with Crippen LogP contribution in [0.5, 0.6) is 0 Å². The van der Waals surface area contributed by atoms with Crippen molar-refractivity contribution in [3.05, 3.63) is 0 Å². The summed E-state index contributed by atoms with van der Waals surface area (Å²) in [4.78, 5) is 17.9. The number of nitrogens with zero attached hydrogens (tertiary/aromatic N) is 2. The molecule has 1 atom stereocenters. The van der Waals surface area contributed by atoms with E-state index < -0.39 is 5.60 Å². The van der Waals surface area contributed by atoms with Gasteiger partial charge < -0.3 is 20.6 Å². The molecule has 0 bridgehead atoms. The van der Waals surface area contributed by atoms with Crippen molar-refractivity contribution in [2.24, 2.45) is 4.99 Å². The SMILES string of the molecule is CCNC(=NCC1(O)CCCCC1)NC1CCC(=O)N(C)C1.I. The van der Waals surface area contributed by atoms with Gasteiger partial charge in [0.15, 0.2) is 5.96 Å². The van der Waals surface area contributed by atoms with Crippen LogP contribution in [0.3, 0.4) is 0 Å². The van der Waals surface area contributed by atoms with Crippen LogP contribution in [0, 0.1) is 0 Å². The van der Waals surface area contributed by atoms with E-state index in [9.17, 15) is 9.90 Å². The van der Waals surface area contributed by atoms with Crippen LogP contribution < -0.4 is 10.6 Å². The Kier molecular flexibility index (Phi) is 8.60. The van der Waals surface area contributed by atoms with Crippen molar-refractivity contribution >= 4 is 35.8 Å². The standard InChI is InChI=1S/C16H30N4O2.HI/c1-3-17-15(18-12-16(22)9-5-4-6-10-16)19-13-7-8-14(21)20(2)11-13;/h13,22H,3-12H2,1-2H3,(H2,17,18,19);1H. The van der Waals surface area contributed by atoms with Crippen LogP contribution >= 0.6 is 24.0 Å². The molecule has 1 heterocycles. The van der Waals surface area contributed by atoms with Gasteiger partial charge in [0.2, 0.25) is 5.91 Å². The van der Waals surface area contributed by atoms with Gasteiger partial charge in [0.1, 0.15) is 0 Å². The second-order valence-electron chi connectivity index (χ2n) is 6.63. The monoisotopic (exact) mass is 438 g/mol. The predicted octanol–water partition coefficient (Wildman–Crippen LogP) is 1.48. The third-order valence-electron chi connectivity index (χ3n) is 4.63. The first-order valence-electron chi connectivity index (χ1n) is 8.53. The number of halogens is 1. The van der Waals surface area contributed by atoms with E-state index in [1.165, 1.54) is 6.42 Å². The summed E-state index contributed by atoms with van der Waals surface area (Å²) in [6.07, 6.45) is 6.49. The Balaban J connectivity index is 0.00000264. The predicted molar refractivity (Wildman–Crippen MR) is 103 cm³/mol. The molecule has 6 nitrogen and oxygen atoms in total. The minimum Gasteiger partial charge on any atom is -0.388 e. The fourth-order valence-electron chi connectivity index (χ4n) is 3.24. The Labute approximate surface area is 156 Å². The van der Waals surface area contributed by atoms with E-state index in [2.05, 4.69) is 15.6 Å². The van der Waals surface area contributed by atoms with Crippen LogP contribution in [-0.2, 0) is 4.79 Å². The normalized spacial score (nSPS) is 24.8. The van der Waals surface area contributed by atoms with Crippen LogP contribution in [0.15, 0.2) is 4.99 Å². The molecule has 2 aliphatic rings. The molecule has 23 heavy (non-hydrogen) atoms. The molecule has 3 N–H and O–H groups in total. The van der Waals surface area contributed by atoms with Crippen molar-refractivity contribution in [2.45, 2.75) is 63.5 Å². The van der Waals surface area contributed by atoms with Crippen LogP contribution in [-0.4, -0.2) is 60.2 Å². The molecule has 134 valence electrons. The summed E-state index contributed by atoms with van der Waals surface area (Å²) in [7, 11) is 1.84. The van der Waals surface area contributed by atoms with Gasteiger partial charge >= 0.3 is 0 Å². The molecule has 1 aliphatic heterocycles. The van der Waals surface area contributed by atoms with Gasteiger partial charge in [-0.25, -0.2) is 0 Å². The lowest BCUT2D eigenvalue weighted by Gasteiger charge is -2.32. The van der Waals surface area contributed by atoms with Gasteiger partial charge in [-0.15, -0.1) is 24.0 Å². The van der Waals surface area contributed by atoms with E-state index in [-0.39, 0.29) is 35.9 Å². The molecular formula is C16H31IN4O2. The van der Waals surface area contributed by atoms with Crippen molar-refractivity contribution in [1.82, 2.24) is 15.5 Å². The molecule has 0 aromatic carbocycles. The first kappa shape index (κ1) is 20.5. The maximum atomic E-state index is 11.5. The average molecular weight is 438 g/mol. The number of rotatable bonds is 4. The highest BCUT2D eigenvalue weighted by molar-refractivity contribution is 14.0. The summed E-state index contributed by atoms with van der Waals surface area (Å²) >= 11 is 0. The van der Waals surface area contributed by atoms with Gasteiger partial charge in [0, 0.05) is 32.6 Å². The maximum absolute atomic E-state index is 11.5. The topological polar surface area (TPSA) is 77.0 Å². The third-order valence-corrected chi connectivity index (χ3v) is 4.63. The molecule has 1 amide bonds. The second-order valence-corrected chi connectivity index (χ2v) is 6.63. The summed E-state index contributed by atoms with van der Waals surface area (Å²) in [6.45, 7) is 3.96. The molecule has 2 rings (SSSR count). The highest BCUT2D eigenvalue weighted by atomic mass is 127. The number of hydrogen-bond donors (Lipinski definition) is 3. The van der Waals surface area contributed by atoms with Crippen LogP contribution in [0.4, 0.5) is 0 Å². The number of carbonyl (C=O) groups is 1. The van der Waals surface area contributed by atoms with E-state index >= 15 is 0 Å². The Hall–Kier alpha value is -0.570. The first-order valence-corrected chi connectivity index (χ1v) is 8.53. The number of nitrogens with one attached hydrogen (secondary N) is 2. The van der Waals surface area contributed by atoms with Crippen LogP contribution in [0.1, 0.15) is 51.9 Å². The summed E-state index contributed by atoms with van der Waals surface area (Å²) in [6, 6.07) is 0.224. The highest BCUT2D eigenvalue weighted by Crippen LogP contribution is 2.28. The summed E-state index contributed by atoms with van der Waals surface area (Å²) in [5, 5.41) is 17.2. The number of carbonyl (C=O) groups excluding carboxylic acids is 1. The lowest BCUT2D eigenvalue weighted by atomic mass is 9.85. The summed E-state index contributed by atoms with van der Waals surface area (Å²) < 4.78 is 0. The zero-order valence-corrected chi connectivity index (χ0v) is 16.6. The molecule has 1 unspecified atom stereocenters. The van der Waals surface area contributed by atoms with E-state index in [1.807, 2.05) is 14.0 Å². The van der Waals surface area contributed by atoms with Gasteiger partial charge in [-0.2, -0.15) is 0 Å². The Bertz CT molecular complexity index is 411. The Morgan fingerprint density at radius 2 is 2.09 bits per heavy atom. The lowest BCUT2D eigenvalue weighted by Crippen LogP contribution is -2.52. The molecule has 1 saturated carbocycles. The number of guanidine groups is 1. The van der Waals surface area contributed by atoms with E-state index in [0.717, 1.165) is 44.6 Å². The number of aliphatic imine (C=N–C) groups is 1. The Morgan fingerprint density at radius 3 is 2.70 bits per heavy atom. The fraction of sp³-hybridized carbons (Fsp3) is 0.875. The van der Waals surface area contributed by atoms with E-state index in [0.29, 0.717) is 19.5 Å². The molecule has 0 radical (unpaired) electrons. The quantitative estimate of drug-likeness (QED) is 0.353. The van der Waals surface area contributed by atoms with Crippen LogP contribution in [0.2, 0.25) is 0 Å².